The van der Waals surface area contributed by atoms with Crippen LogP contribution in [0, 0.1) is 6.92 Å². The van der Waals surface area contributed by atoms with Gasteiger partial charge in [-0.15, -0.1) is 11.6 Å². The summed E-state index contributed by atoms with van der Waals surface area (Å²) in [5.41, 5.74) is 0.402. The van der Waals surface area contributed by atoms with E-state index in [0.717, 1.165) is 0 Å². The zero-order chi connectivity index (χ0) is 12.3. The Morgan fingerprint density at radius 1 is 1.62 bits per heavy atom. The topological polar surface area (TPSA) is 50.2 Å². The Balaban J connectivity index is 3.20. The number of carboxylic acid groups (broad SMARTS) is 1. The maximum Gasteiger partial charge on any atom is 0.309 e. The predicted octanol–water partition coefficient (Wildman–Crippen LogP) is 2.69. The Morgan fingerprint density at radius 2 is 2.25 bits per heavy atom. The lowest BCUT2D eigenvalue weighted by molar-refractivity contribution is -0.136. The molecule has 0 aliphatic heterocycles. The summed E-state index contributed by atoms with van der Waals surface area (Å²) in [6.07, 6.45) is -2.95. The molecule has 1 N–H and O–H groups in total. The van der Waals surface area contributed by atoms with E-state index in [1.807, 2.05) is 0 Å². The summed E-state index contributed by atoms with van der Waals surface area (Å²) >= 11 is 5.55. The van der Waals surface area contributed by atoms with E-state index in [0.29, 0.717) is 0 Å². The van der Waals surface area contributed by atoms with Gasteiger partial charge in [-0.05, 0) is 18.6 Å². The number of pyridine rings is 1. The van der Waals surface area contributed by atoms with Crippen molar-refractivity contribution in [3.63, 3.8) is 0 Å². The Hall–Kier alpha value is -1.23. The van der Waals surface area contributed by atoms with Crippen molar-refractivity contribution < 1.29 is 18.7 Å². The number of hydrogen-bond acceptors (Lipinski definition) is 2. The molecule has 3 nitrogen and oxygen atoms in total. The molecule has 0 aliphatic rings. The second-order valence-corrected chi connectivity index (χ2v) is 3.54. The van der Waals surface area contributed by atoms with Crippen molar-refractivity contribution in [3.05, 3.63) is 28.6 Å². The first-order valence-electron chi connectivity index (χ1n) is 4.51. The zero-order valence-electron chi connectivity index (χ0n) is 8.51. The maximum atomic E-state index is 12.7. The first-order valence-corrected chi connectivity index (χ1v) is 5.04. The van der Waals surface area contributed by atoms with Crippen molar-refractivity contribution in [3.8, 4) is 0 Å². The molecule has 0 atom stereocenters. The van der Waals surface area contributed by atoms with Gasteiger partial charge in [-0.2, -0.15) is 0 Å². The molecular weight excluding hydrogens is 240 g/mol. The van der Waals surface area contributed by atoms with E-state index in [2.05, 4.69) is 4.98 Å². The third-order valence-corrected chi connectivity index (χ3v) is 2.37. The fraction of sp³-hybridized carbons (Fsp3) is 0.400. The molecule has 6 heteroatoms. The number of rotatable bonds is 4. The van der Waals surface area contributed by atoms with E-state index >= 15 is 0 Å². The number of hydrogen-bond donors (Lipinski definition) is 1. The van der Waals surface area contributed by atoms with Crippen LogP contribution < -0.4 is 0 Å². The van der Waals surface area contributed by atoms with Gasteiger partial charge in [0.15, 0.2) is 0 Å². The standard InChI is InChI=1S/C10H10ClF2NO2/c1-5-9(10(12)13)6(4-11)2-7(14-5)3-8(15)16/h2,10H,3-4H2,1H3,(H,15,16). The molecule has 1 rings (SSSR count). The van der Waals surface area contributed by atoms with Crippen molar-refractivity contribution in [2.45, 2.75) is 25.7 Å². The molecule has 0 radical (unpaired) electrons. The Labute approximate surface area is 96.1 Å². The monoisotopic (exact) mass is 249 g/mol. The summed E-state index contributed by atoms with van der Waals surface area (Å²) in [4.78, 5) is 14.3. The number of aliphatic carboxylic acids is 1. The summed E-state index contributed by atoms with van der Waals surface area (Å²) in [6, 6.07) is 1.32. The van der Waals surface area contributed by atoms with Gasteiger partial charge < -0.3 is 5.11 Å². The van der Waals surface area contributed by atoms with Gasteiger partial charge in [-0.1, -0.05) is 0 Å². The molecule has 0 unspecified atom stereocenters. The third kappa shape index (κ3) is 2.88. The van der Waals surface area contributed by atoms with Crippen LogP contribution in [0.3, 0.4) is 0 Å². The molecule has 0 aromatic carbocycles. The zero-order valence-corrected chi connectivity index (χ0v) is 9.26. The van der Waals surface area contributed by atoms with Gasteiger partial charge >= 0.3 is 5.97 Å². The van der Waals surface area contributed by atoms with Gasteiger partial charge in [-0.25, -0.2) is 8.78 Å². The Bertz CT molecular complexity index is 410. The SMILES string of the molecule is Cc1nc(CC(=O)O)cc(CCl)c1C(F)F. The van der Waals surface area contributed by atoms with Gasteiger partial charge in [0.05, 0.1) is 12.1 Å². The van der Waals surface area contributed by atoms with Crippen molar-refractivity contribution in [2.24, 2.45) is 0 Å². The largest absolute Gasteiger partial charge is 0.481 e. The summed E-state index contributed by atoms with van der Waals surface area (Å²) in [5, 5.41) is 8.58. The van der Waals surface area contributed by atoms with E-state index in [1.165, 1.54) is 13.0 Å². The number of carbonyl (C=O) groups is 1. The van der Waals surface area contributed by atoms with Gasteiger partial charge in [0.1, 0.15) is 0 Å². The summed E-state index contributed by atoms with van der Waals surface area (Å²) in [6.45, 7) is 1.42. The summed E-state index contributed by atoms with van der Waals surface area (Å²) < 4.78 is 25.3. The van der Waals surface area contributed by atoms with Crippen LogP contribution in [0.15, 0.2) is 6.07 Å². The van der Waals surface area contributed by atoms with E-state index in [4.69, 9.17) is 16.7 Å². The number of nitrogens with zero attached hydrogens (tertiary/aromatic N) is 1. The molecule has 1 aromatic heterocycles. The van der Waals surface area contributed by atoms with Crippen molar-refractivity contribution in [2.75, 3.05) is 0 Å². The molecule has 16 heavy (non-hydrogen) atoms. The maximum absolute atomic E-state index is 12.7. The van der Waals surface area contributed by atoms with E-state index < -0.39 is 12.4 Å². The van der Waals surface area contributed by atoms with Gasteiger partial charge in [0.2, 0.25) is 0 Å². The minimum atomic E-state index is -2.65. The predicted molar refractivity (Wildman–Crippen MR) is 54.8 cm³/mol. The fourth-order valence-electron chi connectivity index (χ4n) is 1.47. The van der Waals surface area contributed by atoms with Crippen molar-refractivity contribution >= 4 is 17.6 Å². The molecule has 1 aromatic rings. The molecule has 88 valence electrons. The van der Waals surface area contributed by atoms with Crippen molar-refractivity contribution in [1.82, 2.24) is 4.98 Å². The lowest BCUT2D eigenvalue weighted by atomic mass is 10.1. The van der Waals surface area contributed by atoms with Crippen LogP contribution in [0.4, 0.5) is 8.78 Å². The molecule has 0 fully saturated rings. The molecule has 0 aliphatic carbocycles. The summed E-state index contributed by atoms with van der Waals surface area (Å²) in [7, 11) is 0. The van der Waals surface area contributed by atoms with E-state index in [1.54, 1.807) is 0 Å². The third-order valence-electron chi connectivity index (χ3n) is 2.08. The smallest absolute Gasteiger partial charge is 0.309 e. The molecule has 0 spiro atoms. The van der Waals surface area contributed by atoms with Gasteiger partial charge in [0.25, 0.3) is 6.43 Å². The number of aromatic nitrogens is 1. The van der Waals surface area contributed by atoms with Crippen LogP contribution in [0.25, 0.3) is 0 Å². The number of halogens is 3. The molecule has 0 saturated heterocycles. The number of carboxylic acids is 1. The molecule has 1 heterocycles. The highest BCUT2D eigenvalue weighted by Gasteiger charge is 2.18. The highest BCUT2D eigenvalue weighted by Crippen LogP contribution is 2.27. The Morgan fingerprint density at radius 3 is 2.69 bits per heavy atom. The first-order chi connectivity index (χ1) is 7.45. The molecule has 0 bridgehead atoms. The van der Waals surface area contributed by atoms with Gasteiger partial charge in [0, 0.05) is 17.1 Å². The Kier molecular flexibility index (Phi) is 4.18. The van der Waals surface area contributed by atoms with E-state index in [-0.39, 0.29) is 34.8 Å². The van der Waals surface area contributed by atoms with Crippen LogP contribution >= 0.6 is 11.6 Å². The highest BCUT2D eigenvalue weighted by atomic mass is 35.5. The molecular formula is C10H10ClF2NO2. The van der Waals surface area contributed by atoms with Crippen LogP contribution in [-0.4, -0.2) is 16.1 Å². The first kappa shape index (κ1) is 12.8. The van der Waals surface area contributed by atoms with E-state index in [9.17, 15) is 13.6 Å². The minimum Gasteiger partial charge on any atom is -0.481 e. The minimum absolute atomic E-state index is 0.0876. The lowest BCUT2D eigenvalue weighted by Crippen LogP contribution is -2.07. The second-order valence-electron chi connectivity index (χ2n) is 3.28. The van der Waals surface area contributed by atoms with Gasteiger partial charge in [-0.3, -0.25) is 9.78 Å². The summed E-state index contributed by atoms with van der Waals surface area (Å²) in [5.74, 6) is -1.15. The average Bonchev–Trinajstić information content (AvgIpc) is 2.14. The number of aryl methyl sites for hydroxylation is 1. The average molecular weight is 250 g/mol. The lowest BCUT2D eigenvalue weighted by Gasteiger charge is -2.11. The molecule has 0 amide bonds. The van der Waals surface area contributed by atoms with Crippen molar-refractivity contribution in [1.29, 1.82) is 0 Å². The van der Waals surface area contributed by atoms with Crippen LogP contribution in [-0.2, 0) is 17.1 Å². The highest BCUT2D eigenvalue weighted by molar-refractivity contribution is 6.17. The quantitative estimate of drug-likeness (QED) is 0.835. The second kappa shape index (κ2) is 5.21. The van der Waals surface area contributed by atoms with Crippen LogP contribution in [0.5, 0.6) is 0 Å². The van der Waals surface area contributed by atoms with Crippen LogP contribution in [0.1, 0.15) is 28.9 Å². The molecule has 0 saturated carbocycles. The number of alkyl halides is 3. The van der Waals surface area contributed by atoms with Crippen LogP contribution in [0.2, 0.25) is 0 Å². The fourth-order valence-corrected chi connectivity index (χ4v) is 1.69. The normalized spacial score (nSPS) is 10.8.